The molecule has 0 saturated carbocycles. The molecule has 2 N–H and O–H groups in total. The van der Waals surface area contributed by atoms with E-state index in [1.165, 1.54) is 24.8 Å². The van der Waals surface area contributed by atoms with Crippen LogP contribution in [0.5, 0.6) is 0 Å². The van der Waals surface area contributed by atoms with Crippen LogP contribution in [0.2, 0.25) is 0 Å². The molecular weight excluding hydrogens is 443 g/mol. The molecule has 1 aromatic rings. The number of carbonyl (C=O) groups excluding carboxylic acids is 1. The molecule has 0 aromatic heterocycles. The van der Waals surface area contributed by atoms with E-state index in [1.807, 2.05) is 0 Å². The van der Waals surface area contributed by atoms with Crippen LogP contribution in [0.1, 0.15) is 52.7 Å². The molecule has 180 valence electrons. The smallest absolute Gasteiger partial charge is 0.416 e. The molecule has 0 amide bonds. The minimum absolute atomic E-state index is 0.0359. The second kappa shape index (κ2) is 8.57. The summed E-state index contributed by atoms with van der Waals surface area (Å²) in [5.41, 5.74) is -5.87. The number of carboxylic acid groups (broad SMARTS) is 2. The SMILES string of the molecule is CC1=C(C(=O)O)C(C)(c2ccccc2C(F)(F)F)C(C(=O)O)=C(C)N1COC(=O)C(C)(C)C. The van der Waals surface area contributed by atoms with Crippen molar-refractivity contribution in [2.24, 2.45) is 5.41 Å². The van der Waals surface area contributed by atoms with Crippen molar-refractivity contribution in [3.05, 3.63) is 57.9 Å². The second-order valence-electron chi connectivity index (χ2n) is 8.94. The van der Waals surface area contributed by atoms with Crippen molar-refractivity contribution in [2.45, 2.75) is 53.1 Å². The molecule has 0 bridgehead atoms. The first-order valence-corrected chi connectivity index (χ1v) is 9.96. The molecule has 33 heavy (non-hydrogen) atoms. The Labute approximate surface area is 189 Å². The average molecular weight is 469 g/mol. The molecule has 0 radical (unpaired) electrons. The summed E-state index contributed by atoms with van der Waals surface area (Å²) >= 11 is 0. The fourth-order valence-electron chi connectivity index (χ4n) is 4.08. The minimum Gasteiger partial charge on any atom is -0.478 e. The Balaban J connectivity index is 2.84. The third kappa shape index (κ3) is 4.60. The number of carboxylic acids is 2. The van der Waals surface area contributed by atoms with Gasteiger partial charge in [0.2, 0.25) is 0 Å². The van der Waals surface area contributed by atoms with Gasteiger partial charge >= 0.3 is 24.1 Å². The third-order valence-corrected chi connectivity index (χ3v) is 5.67. The third-order valence-electron chi connectivity index (χ3n) is 5.67. The normalized spacial score (nSPS) is 16.7. The molecule has 1 aromatic carbocycles. The molecule has 1 aliphatic rings. The number of nitrogens with zero attached hydrogens (tertiary/aromatic N) is 1. The van der Waals surface area contributed by atoms with E-state index in [2.05, 4.69) is 0 Å². The van der Waals surface area contributed by atoms with Gasteiger partial charge in [0, 0.05) is 11.4 Å². The summed E-state index contributed by atoms with van der Waals surface area (Å²) in [7, 11) is 0. The topological polar surface area (TPSA) is 104 Å². The zero-order valence-electron chi connectivity index (χ0n) is 19.1. The molecule has 0 atom stereocenters. The van der Waals surface area contributed by atoms with Crippen molar-refractivity contribution in [3.8, 4) is 0 Å². The number of benzene rings is 1. The van der Waals surface area contributed by atoms with Gasteiger partial charge in [-0.3, -0.25) is 4.79 Å². The molecule has 0 saturated heterocycles. The molecule has 10 heteroatoms. The number of aliphatic carboxylic acids is 2. The van der Waals surface area contributed by atoms with E-state index in [1.54, 1.807) is 20.8 Å². The number of rotatable bonds is 5. The molecule has 0 spiro atoms. The summed E-state index contributed by atoms with van der Waals surface area (Å²) in [5.74, 6) is -3.80. The highest BCUT2D eigenvalue weighted by Crippen LogP contribution is 2.50. The lowest BCUT2D eigenvalue weighted by molar-refractivity contribution is -0.156. The fourth-order valence-corrected chi connectivity index (χ4v) is 4.08. The highest BCUT2D eigenvalue weighted by molar-refractivity contribution is 6.00. The number of allylic oxidation sites excluding steroid dienone is 2. The Kier molecular flexibility index (Phi) is 6.74. The van der Waals surface area contributed by atoms with Crippen LogP contribution in [0.4, 0.5) is 13.2 Å². The zero-order valence-corrected chi connectivity index (χ0v) is 19.1. The maximum absolute atomic E-state index is 13.8. The summed E-state index contributed by atoms with van der Waals surface area (Å²) in [6.07, 6.45) is -4.85. The fraction of sp³-hybridized carbons (Fsp3) is 0.435. The van der Waals surface area contributed by atoms with Crippen LogP contribution in [0.15, 0.2) is 46.8 Å². The lowest BCUT2D eigenvalue weighted by Crippen LogP contribution is -2.45. The number of halogens is 3. The van der Waals surface area contributed by atoms with Crippen LogP contribution >= 0.6 is 0 Å². The van der Waals surface area contributed by atoms with Crippen molar-refractivity contribution in [2.75, 3.05) is 6.73 Å². The summed E-state index contributed by atoms with van der Waals surface area (Å²) < 4.78 is 46.7. The molecule has 2 rings (SSSR count). The number of carbonyl (C=O) groups is 3. The highest BCUT2D eigenvalue weighted by Gasteiger charge is 2.52. The van der Waals surface area contributed by atoms with Gasteiger partial charge < -0.3 is 19.8 Å². The Morgan fingerprint density at radius 2 is 1.42 bits per heavy atom. The van der Waals surface area contributed by atoms with Crippen LogP contribution in [0, 0.1) is 5.41 Å². The van der Waals surface area contributed by atoms with Crippen molar-refractivity contribution in [1.29, 1.82) is 0 Å². The number of hydrogen-bond donors (Lipinski definition) is 2. The summed E-state index contributed by atoms with van der Waals surface area (Å²) in [5, 5.41) is 20.0. The van der Waals surface area contributed by atoms with E-state index >= 15 is 0 Å². The maximum Gasteiger partial charge on any atom is 0.416 e. The Morgan fingerprint density at radius 3 is 1.82 bits per heavy atom. The first-order chi connectivity index (χ1) is 15.0. The number of esters is 1. The van der Waals surface area contributed by atoms with Gasteiger partial charge in [-0.15, -0.1) is 0 Å². The van der Waals surface area contributed by atoms with Gasteiger partial charge in [-0.2, -0.15) is 13.2 Å². The molecule has 7 nitrogen and oxygen atoms in total. The summed E-state index contributed by atoms with van der Waals surface area (Å²) in [6, 6.07) is 4.29. The van der Waals surface area contributed by atoms with Crippen LogP contribution in [0.25, 0.3) is 0 Å². The summed E-state index contributed by atoms with van der Waals surface area (Å²) in [6.45, 7) is 8.14. The lowest BCUT2D eigenvalue weighted by Gasteiger charge is -2.43. The molecular formula is C23H26F3NO6. The predicted molar refractivity (Wildman–Crippen MR) is 112 cm³/mol. The van der Waals surface area contributed by atoms with E-state index in [9.17, 15) is 37.8 Å². The maximum atomic E-state index is 13.8. The van der Waals surface area contributed by atoms with Crippen molar-refractivity contribution in [3.63, 3.8) is 0 Å². The molecule has 1 aliphatic heterocycles. The standard InChI is InChI=1S/C23H26F3NO6/c1-12-16(18(28)29)22(6,14-9-7-8-10-15(14)23(24,25)26)17(19(30)31)13(2)27(12)11-33-20(32)21(3,4)5/h7-10H,11H2,1-6H3,(H,28,29)(H,30,31). The van der Waals surface area contributed by atoms with E-state index in [-0.39, 0.29) is 11.4 Å². The lowest BCUT2D eigenvalue weighted by atomic mass is 9.65. The van der Waals surface area contributed by atoms with E-state index in [0.717, 1.165) is 25.1 Å². The van der Waals surface area contributed by atoms with E-state index in [0.29, 0.717) is 0 Å². The van der Waals surface area contributed by atoms with Crippen molar-refractivity contribution >= 4 is 17.9 Å². The highest BCUT2D eigenvalue weighted by atomic mass is 19.4. The number of hydrogen-bond acceptors (Lipinski definition) is 5. The average Bonchev–Trinajstić information content (AvgIpc) is 2.65. The first-order valence-electron chi connectivity index (χ1n) is 9.96. The quantitative estimate of drug-likeness (QED) is 0.610. The predicted octanol–water partition coefficient (Wildman–Crippen LogP) is 4.54. The zero-order chi connectivity index (χ0) is 25.5. The van der Waals surface area contributed by atoms with Crippen LogP contribution in [-0.2, 0) is 30.7 Å². The monoisotopic (exact) mass is 469 g/mol. The van der Waals surface area contributed by atoms with Gasteiger partial charge in [-0.25, -0.2) is 9.59 Å². The molecule has 0 aliphatic carbocycles. The van der Waals surface area contributed by atoms with Gasteiger partial charge in [0.25, 0.3) is 0 Å². The van der Waals surface area contributed by atoms with Gasteiger partial charge in [0.1, 0.15) is 0 Å². The van der Waals surface area contributed by atoms with Crippen molar-refractivity contribution < 1.29 is 42.5 Å². The number of alkyl halides is 3. The minimum atomic E-state index is -4.85. The molecule has 1 heterocycles. The molecule has 0 unspecified atom stereocenters. The van der Waals surface area contributed by atoms with Crippen molar-refractivity contribution in [1.82, 2.24) is 4.90 Å². The Bertz CT molecular complexity index is 1020. The van der Waals surface area contributed by atoms with Crippen LogP contribution in [-0.4, -0.2) is 39.8 Å². The van der Waals surface area contributed by atoms with Crippen LogP contribution in [0.3, 0.4) is 0 Å². The van der Waals surface area contributed by atoms with Gasteiger partial charge in [-0.1, -0.05) is 18.2 Å². The van der Waals surface area contributed by atoms with Gasteiger partial charge in [-0.05, 0) is 53.2 Å². The second-order valence-corrected chi connectivity index (χ2v) is 8.94. The number of ether oxygens (including phenoxy) is 1. The largest absolute Gasteiger partial charge is 0.478 e. The molecule has 0 fully saturated rings. The van der Waals surface area contributed by atoms with Crippen LogP contribution < -0.4 is 0 Å². The van der Waals surface area contributed by atoms with E-state index < -0.39 is 63.9 Å². The first kappa shape index (κ1) is 26.0. The Hall–Kier alpha value is -3.30. The Morgan fingerprint density at radius 1 is 0.970 bits per heavy atom. The van der Waals surface area contributed by atoms with E-state index in [4.69, 9.17) is 4.74 Å². The van der Waals surface area contributed by atoms with Gasteiger partial charge in [0.15, 0.2) is 6.73 Å². The van der Waals surface area contributed by atoms with Gasteiger partial charge in [0.05, 0.1) is 27.5 Å². The summed E-state index contributed by atoms with van der Waals surface area (Å²) in [4.78, 5) is 38.1.